The van der Waals surface area contributed by atoms with Crippen LogP contribution >= 0.6 is 34.7 Å². The number of carbonyl (C=O) groups excluding carboxylic acids is 3. The van der Waals surface area contributed by atoms with Crippen LogP contribution < -0.4 is 15.1 Å². The van der Waals surface area contributed by atoms with Gasteiger partial charge in [-0.15, -0.1) is 0 Å². The molecule has 3 aromatic carbocycles. The minimum atomic E-state index is -0.744. The van der Waals surface area contributed by atoms with Crippen molar-refractivity contribution in [2.45, 2.75) is 29.7 Å². The molecule has 39 heavy (non-hydrogen) atoms. The fraction of sp³-hybridized carbons (Fsp3) is 0.172. The number of thiazole rings is 1. The molecule has 1 fully saturated rings. The van der Waals surface area contributed by atoms with E-state index < -0.39 is 17.1 Å². The monoisotopic (exact) mass is 575 g/mol. The van der Waals surface area contributed by atoms with Crippen molar-refractivity contribution in [2.75, 3.05) is 10.2 Å². The smallest absolute Gasteiger partial charge is 0.308 e. The van der Waals surface area contributed by atoms with Crippen LogP contribution in [0.3, 0.4) is 0 Å². The summed E-state index contributed by atoms with van der Waals surface area (Å²) in [6.45, 7) is 1.76. The predicted octanol–water partition coefficient (Wildman–Crippen LogP) is 5.31. The molecule has 2 aliphatic heterocycles. The van der Waals surface area contributed by atoms with E-state index in [0.717, 1.165) is 22.5 Å². The van der Waals surface area contributed by atoms with E-state index in [4.69, 9.17) is 11.6 Å². The molecule has 4 aromatic rings. The molecule has 2 unspecified atom stereocenters. The van der Waals surface area contributed by atoms with Crippen molar-refractivity contribution < 1.29 is 14.4 Å². The van der Waals surface area contributed by atoms with Gasteiger partial charge in [0.15, 0.2) is 0 Å². The molecule has 6 rings (SSSR count). The average molecular weight is 576 g/mol. The number of halogens is 1. The van der Waals surface area contributed by atoms with Crippen molar-refractivity contribution >= 4 is 63.8 Å². The number of nitrogens with one attached hydrogen (secondary N) is 1. The molecule has 196 valence electrons. The van der Waals surface area contributed by atoms with Crippen molar-refractivity contribution in [3.63, 3.8) is 0 Å². The van der Waals surface area contributed by atoms with Crippen LogP contribution in [-0.4, -0.2) is 27.5 Å². The van der Waals surface area contributed by atoms with E-state index in [1.54, 1.807) is 36.4 Å². The second kappa shape index (κ2) is 10.1. The zero-order valence-corrected chi connectivity index (χ0v) is 23.1. The van der Waals surface area contributed by atoms with Gasteiger partial charge in [-0.1, -0.05) is 82.7 Å². The number of hydrogen-bond donors (Lipinski definition) is 1. The number of fused-ring (bicyclic) bond motifs is 2. The second-order valence-corrected chi connectivity index (χ2v) is 12.0. The molecule has 3 heterocycles. The highest BCUT2D eigenvalue weighted by Gasteiger charge is 2.56. The van der Waals surface area contributed by atoms with E-state index in [1.807, 2.05) is 49.4 Å². The molecule has 3 atom stereocenters. The molecule has 0 radical (unpaired) electrons. The Morgan fingerprint density at radius 2 is 1.62 bits per heavy atom. The van der Waals surface area contributed by atoms with Crippen molar-refractivity contribution in [1.29, 1.82) is 0 Å². The molecule has 10 heteroatoms. The average Bonchev–Trinajstić information content (AvgIpc) is 3.37. The number of nitrogens with zero attached hydrogens (tertiary/aromatic N) is 2. The van der Waals surface area contributed by atoms with Crippen molar-refractivity contribution in [3.8, 4) is 0 Å². The lowest BCUT2D eigenvalue weighted by atomic mass is 9.83. The van der Waals surface area contributed by atoms with Crippen molar-refractivity contribution in [1.82, 2.24) is 4.57 Å². The summed E-state index contributed by atoms with van der Waals surface area (Å²) in [5, 5.41) is 3.15. The first kappa shape index (κ1) is 25.6. The molecule has 0 bridgehead atoms. The van der Waals surface area contributed by atoms with E-state index >= 15 is 0 Å². The number of carbonyl (C=O) groups is 3. The number of amides is 3. The lowest BCUT2D eigenvalue weighted by Crippen LogP contribution is -2.33. The number of imide groups is 1. The Hall–Kier alpha value is -3.66. The lowest BCUT2D eigenvalue weighted by Gasteiger charge is -2.30. The van der Waals surface area contributed by atoms with Crippen LogP contribution in [0.15, 0.2) is 88.7 Å². The Kier molecular flexibility index (Phi) is 6.66. The minimum absolute atomic E-state index is 0.201. The van der Waals surface area contributed by atoms with Gasteiger partial charge in [0, 0.05) is 21.5 Å². The molecule has 0 aliphatic carbocycles. The summed E-state index contributed by atoms with van der Waals surface area (Å²) < 4.78 is 1.42. The highest BCUT2D eigenvalue weighted by atomic mass is 35.5. The Balaban J connectivity index is 1.39. The Morgan fingerprint density at radius 3 is 2.31 bits per heavy atom. The predicted molar refractivity (Wildman–Crippen MR) is 154 cm³/mol. The SMILES string of the molecule is Cc1ccc(NC(=O)Cn2c3c(sc2=O)[C@H](c2ccccc2)C2C(=O)N(c4ccc(Cl)cc4)C(=O)C2S3)cc1. The summed E-state index contributed by atoms with van der Waals surface area (Å²) in [4.78, 5) is 55.3. The Bertz CT molecular complexity index is 1650. The quantitative estimate of drug-likeness (QED) is 0.326. The normalized spacial score (nSPS) is 20.1. The first-order chi connectivity index (χ1) is 18.8. The standard InChI is InChI=1S/C29H22ClN3O4S2/c1-16-7-11-19(12-8-16)31-21(34)15-32-28-25(39-29(32)37)22(17-5-3-2-4-6-17)23-24(38-28)27(36)33(26(23)35)20-13-9-18(30)10-14-20/h2-14,22-24H,15H2,1H3,(H,31,34)/t22-,23?,24?/m1/s1. The van der Waals surface area contributed by atoms with Crippen LogP contribution in [0.1, 0.15) is 21.9 Å². The maximum absolute atomic E-state index is 13.8. The van der Waals surface area contributed by atoms with E-state index in [2.05, 4.69) is 5.32 Å². The van der Waals surface area contributed by atoms with E-state index in [0.29, 0.717) is 26.3 Å². The second-order valence-electron chi connectivity index (χ2n) is 9.48. The van der Waals surface area contributed by atoms with Crippen molar-refractivity contribution in [2.24, 2.45) is 5.92 Å². The van der Waals surface area contributed by atoms with Crippen LogP contribution in [0.5, 0.6) is 0 Å². The summed E-state index contributed by atoms with van der Waals surface area (Å²) in [7, 11) is 0. The number of rotatable bonds is 5. The van der Waals surface area contributed by atoms with Gasteiger partial charge in [0.25, 0.3) is 0 Å². The maximum atomic E-state index is 13.8. The summed E-state index contributed by atoms with van der Waals surface area (Å²) in [6, 6.07) is 23.4. The number of benzene rings is 3. The zero-order chi connectivity index (χ0) is 27.3. The van der Waals surface area contributed by atoms with Gasteiger partial charge in [0.1, 0.15) is 11.8 Å². The molecule has 0 spiro atoms. The third kappa shape index (κ3) is 4.60. The number of aryl methyl sites for hydroxylation is 1. The summed E-state index contributed by atoms with van der Waals surface area (Å²) >= 11 is 8.26. The highest BCUT2D eigenvalue weighted by molar-refractivity contribution is 8.00. The first-order valence-electron chi connectivity index (χ1n) is 12.3. The van der Waals surface area contributed by atoms with Gasteiger partial charge in [0.05, 0.1) is 16.6 Å². The molecule has 1 saturated heterocycles. The molecule has 2 aliphatic rings. The van der Waals surface area contributed by atoms with E-state index in [1.165, 1.54) is 21.2 Å². The summed E-state index contributed by atoms with van der Waals surface area (Å²) in [6.07, 6.45) is 0. The van der Waals surface area contributed by atoms with Gasteiger partial charge in [-0.3, -0.25) is 23.7 Å². The number of anilines is 2. The van der Waals surface area contributed by atoms with Gasteiger partial charge in [0.2, 0.25) is 17.7 Å². The van der Waals surface area contributed by atoms with Crippen LogP contribution in [0, 0.1) is 12.8 Å². The number of hydrogen-bond acceptors (Lipinski definition) is 6. The fourth-order valence-corrected chi connectivity index (χ4v) is 8.00. The molecular weight excluding hydrogens is 554 g/mol. The minimum Gasteiger partial charge on any atom is -0.325 e. The summed E-state index contributed by atoms with van der Waals surface area (Å²) in [5.74, 6) is -2.21. The molecular formula is C29H22ClN3O4S2. The molecule has 0 saturated carbocycles. The topological polar surface area (TPSA) is 88.5 Å². The first-order valence-corrected chi connectivity index (χ1v) is 14.3. The number of aromatic nitrogens is 1. The van der Waals surface area contributed by atoms with Gasteiger partial charge in [-0.05, 0) is 48.9 Å². The molecule has 1 aromatic heterocycles. The van der Waals surface area contributed by atoms with Gasteiger partial charge >= 0.3 is 4.87 Å². The maximum Gasteiger partial charge on any atom is 0.308 e. The molecule has 3 amide bonds. The van der Waals surface area contributed by atoms with Crippen LogP contribution in [0.25, 0.3) is 0 Å². The van der Waals surface area contributed by atoms with E-state index in [9.17, 15) is 19.2 Å². The number of thioether (sulfide) groups is 1. The lowest BCUT2D eigenvalue weighted by molar-refractivity contribution is -0.122. The van der Waals surface area contributed by atoms with Crippen LogP contribution in [0.2, 0.25) is 5.02 Å². The third-order valence-corrected chi connectivity index (χ3v) is 9.79. The largest absolute Gasteiger partial charge is 0.325 e. The van der Waals surface area contributed by atoms with Gasteiger partial charge in [-0.2, -0.15) is 0 Å². The van der Waals surface area contributed by atoms with Gasteiger partial charge < -0.3 is 5.32 Å². The van der Waals surface area contributed by atoms with Crippen molar-refractivity contribution in [3.05, 3.63) is 110 Å². The summed E-state index contributed by atoms with van der Waals surface area (Å²) in [5.41, 5.74) is 2.99. The Morgan fingerprint density at radius 1 is 0.923 bits per heavy atom. The fourth-order valence-electron chi connectivity index (χ4n) is 5.10. The van der Waals surface area contributed by atoms with Crippen LogP contribution in [-0.2, 0) is 20.9 Å². The Labute approximate surface area is 237 Å². The zero-order valence-electron chi connectivity index (χ0n) is 20.7. The molecule has 7 nitrogen and oxygen atoms in total. The third-order valence-electron chi connectivity index (χ3n) is 6.93. The van der Waals surface area contributed by atoms with Gasteiger partial charge in [-0.25, -0.2) is 4.90 Å². The highest BCUT2D eigenvalue weighted by Crippen LogP contribution is 2.53. The molecule has 1 N–H and O–H groups in total. The van der Waals surface area contributed by atoms with E-state index in [-0.39, 0.29) is 29.1 Å². The van der Waals surface area contributed by atoms with Crippen LogP contribution in [0.4, 0.5) is 11.4 Å².